The van der Waals surface area contributed by atoms with E-state index < -0.39 is 27.8 Å². The van der Waals surface area contributed by atoms with E-state index in [1.165, 1.54) is 4.31 Å². The van der Waals surface area contributed by atoms with Gasteiger partial charge >= 0.3 is 5.97 Å². The molecule has 1 aliphatic rings. The van der Waals surface area contributed by atoms with Crippen LogP contribution in [-0.4, -0.2) is 50.6 Å². The fraction of sp³-hybridized carbons (Fsp3) is 0.333. The van der Waals surface area contributed by atoms with Gasteiger partial charge in [0.05, 0.1) is 12.2 Å². The number of amides is 1. The van der Waals surface area contributed by atoms with Gasteiger partial charge in [-0.15, -0.1) is 0 Å². The molecular weight excluding hydrogens is 392 g/mol. The van der Waals surface area contributed by atoms with Crippen molar-refractivity contribution in [3.05, 3.63) is 54.6 Å². The van der Waals surface area contributed by atoms with E-state index in [-0.39, 0.29) is 19.7 Å². The Labute approximate surface area is 170 Å². The van der Waals surface area contributed by atoms with Gasteiger partial charge in [-0.25, -0.2) is 12.7 Å². The van der Waals surface area contributed by atoms with Crippen LogP contribution < -0.4 is 5.32 Å². The number of ether oxygens (including phenoxy) is 1. The number of esters is 1. The van der Waals surface area contributed by atoms with E-state index in [9.17, 15) is 18.0 Å². The monoisotopic (exact) mass is 416 g/mol. The van der Waals surface area contributed by atoms with Crippen molar-refractivity contribution >= 4 is 27.6 Å². The van der Waals surface area contributed by atoms with Gasteiger partial charge in [0.25, 0.3) is 5.91 Å². The lowest BCUT2D eigenvalue weighted by molar-refractivity contribution is -0.152. The summed E-state index contributed by atoms with van der Waals surface area (Å²) in [6.07, 6.45) is 1.94. The van der Waals surface area contributed by atoms with E-state index >= 15 is 0 Å². The molecule has 1 aliphatic heterocycles. The van der Waals surface area contributed by atoms with E-state index in [1.807, 2.05) is 48.5 Å². The molecule has 1 fully saturated rings. The summed E-state index contributed by atoms with van der Waals surface area (Å²) in [5, 5.41) is 2.79. The molecule has 0 bridgehead atoms. The molecular formula is C21H24N2O5S. The number of hydrogen-bond donors (Lipinski definition) is 1. The molecule has 2 aromatic rings. The maximum Gasteiger partial charge on any atom is 0.309 e. The SMILES string of the molecule is CS(=O)(=O)N1CCC(C(=O)OCC(=O)Nc2ccccc2-c2ccccc2)CC1. The minimum Gasteiger partial charge on any atom is -0.455 e. The van der Waals surface area contributed by atoms with Crippen molar-refractivity contribution in [1.29, 1.82) is 0 Å². The molecule has 2 aromatic carbocycles. The number of anilines is 1. The summed E-state index contributed by atoms with van der Waals surface area (Å²) >= 11 is 0. The highest BCUT2D eigenvalue weighted by Gasteiger charge is 2.30. The molecule has 154 valence electrons. The predicted molar refractivity (Wildman–Crippen MR) is 111 cm³/mol. The third kappa shape index (κ3) is 5.65. The number of piperidine rings is 1. The number of benzene rings is 2. The van der Waals surface area contributed by atoms with E-state index in [0.29, 0.717) is 18.5 Å². The van der Waals surface area contributed by atoms with Crippen LogP contribution in [0.2, 0.25) is 0 Å². The van der Waals surface area contributed by atoms with Crippen molar-refractivity contribution in [2.45, 2.75) is 12.8 Å². The summed E-state index contributed by atoms with van der Waals surface area (Å²) in [4.78, 5) is 24.5. The van der Waals surface area contributed by atoms with Crippen LogP contribution in [0.25, 0.3) is 11.1 Å². The average Bonchev–Trinajstić information content (AvgIpc) is 2.72. The lowest BCUT2D eigenvalue weighted by atomic mass is 9.98. The maximum absolute atomic E-state index is 12.3. The molecule has 1 amide bonds. The van der Waals surface area contributed by atoms with E-state index in [1.54, 1.807) is 6.07 Å². The lowest BCUT2D eigenvalue weighted by Gasteiger charge is -2.28. The number of rotatable bonds is 6. The van der Waals surface area contributed by atoms with Gasteiger partial charge in [0, 0.05) is 24.3 Å². The van der Waals surface area contributed by atoms with Crippen LogP contribution in [0.1, 0.15) is 12.8 Å². The lowest BCUT2D eigenvalue weighted by Crippen LogP contribution is -2.40. The minimum atomic E-state index is -3.25. The number of nitrogens with zero attached hydrogens (tertiary/aromatic N) is 1. The van der Waals surface area contributed by atoms with Gasteiger partial charge in [-0.3, -0.25) is 9.59 Å². The fourth-order valence-electron chi connectivity index (χ4n) is 3.33. The Morgan fingerprint density at radius 1 is 1.03 bits per heavy atom. The van der Waals surface area contributed by atoms with Crippen molar-refractivity contribution in [2.75, 3.05) is 31.3 Å². The number of nitrogens with one attached hydrogen (secondary N) is 1. The summed E-state index contributed by atoms with van der Waals surface area (Å²) < 4.78 is 29.6. The Morgan fingerprint density at radius 2 is 1.66 bits per heavy atom. The maximum atomic E-state index is 12.3. The largest absolute Gasteiger partial charge is 0.455 e. The molecule has 0 radical (unpaired) electrons. The third-order valence-electron chi connectivity index (χ3n) is 4.89. The standard InChI is InChI=1S/C21H24N2O5S/c1-29(26,27)23-13-11-17(12-14-23)21(25)28-15-20(24)22-19-10-6-5-9-18(19)16-7-3-2-4-8-16/h2-10,17H,11-15H2,1H3,(H,22,24). The van der Waals surface area contributed by atoms with Crippen molar-refractivity contribution < 1.29 is 22.7 Å². The third-order valence-corrected chi connectivity index (χ3v) is 6.19. The van der Waals surface area contributed by atoms with Crippen molar-refractivity contribution in [3.63, 3.8) is 0 Å². The average molecular weight is 416 g/mol. The highest BCUT2D eigenvalue weighted by Crippen LogP contribution is 2.27. The molecule has 0 aliphatic carbocycles. The highest BCUT2D eigenvalue weighted by atomic mass is 32.2. The van der Waals surface area contributed by atoms with Crippen molar-refractivity contribution in [1.82, 2.24) is 4.31 Å². The molecule has 0 spiro atoms. The van der Waals surface area contributed by atoms with Gasteiger partial charge in [-0.2, -0.15) is 0 Å². The Kier molecular flexibility index (Phi) is 6.66. The zero-order valence-electron chi connectivity index (χ0n) is 16.2. The number of sulfonamides is 1. The van der Waals surface area contributed by atoms with Gasteiger partial charge in [-0.05, 0) is 24.5 Å². The molecule has 1 N–H and O–H groups in total. The van der Waals surface area contributed by atoms with Crippen molar-refractivity contribution in [2.24, 2.45) is 5.92 Å². The molecule has 7 nitrogen and oxygen atoms in total. The molecule has 0 aromatic heterocycles. The Balaban J connectivity index is 1.53. The normalized spacial score (nSPS) is 15.6. The predicted octanol–water partition coefficient (Wildman–Crippen LogP) is 2.51. The zero-order valence-corrected chi connectivity index (χ0v) is 17.0. The Morgan fingerprint density at radius 3 is 2.31 bits per heavy atom. The van der Waals surface area contributed by atoms with Crippen LogP contribution >= 0.6 is 0 Å². The van der Waals surface area contributed by atoms with Gasteiger partial charge < -0.3 is 10.1 Å². The summed E-state index contributed by atoms with van der Waals surface area (Å²) in [5.74, 6) is -1.28. The summed E-state index contributed by atoms with van der Waals surface area (Å²) in [7, 11) is -3.25. The quantitative estimate of drug-likeness (QED) is 0.731. The van der Waals surface area contributed by atoms with Crippen LogP contribution in [0.15, 0.2) is 54.6 Å². The Hall–Kier alpha value is -2.71. The van der Waals surface area contributed by atoms with Crippen LogP contribution in [0.4, 0.5) is 5.69 Å². The molecule has 29 heavy (non-hydrogen) atoms. The second kappa shape index (κ2) is 9.19. The second-order valence-electron chi connectivity index (χ2n) is 7.00. The first-order valence-corrected chi connectivity index (χ1v) is 11.3. The first kappa shape index (κ1) is 21.0. The van der Waals surface area contributed by atoms with Crippen LogP contribution in [0.5, 0.6) is 0 Å². The fourth-order valence-corrected chi connectivity index (χ4v) is 4.20. The zero-order chi connectivity index (χ0) is 20.9. The first-order chi connectivity index (χ1) is 13.8. The molecule has 8 heteroatoms. The van der Waals surface area contributed by atoms with Crippen molar-refractivity contribution in [3.8, 4) is 11.1 Å². The summed E-state index contributed by atoms with van der Waals surface area (Å²) in [5.41, 5.74) is 2.49. The molecule has 1 saturated heterocycles. The molecule has 1 heterocycles. The molecule has 0 unspecified atom stereocenters. The van der Waals surface area contributed by atoms with E-state index in [2.05, 4.69) is 5.32 Å². The second-order valence-corrected chi connectivity index (χ2v) is 8.99. The Bertz CT molecular complexity index is 968. The summed E-state index contributed by atoms with van der Waals surface area (Å²) in [6.45, 7) is 0.193. The van der Waals surface area contributed by atoms with Gasteiger partial charge in [0.2, 0.25) is 10.0 Å². The smallest absolute Gasteiger partial charge is 0.309 e. The molecule has 0 saturated carbocycles. The van der Waals surface area contributed by atoms with Crippen LogP contribution in [0.3, 0.4) is 0 Å². The summed E-state index contributed by atoms with van der Waals surface area (Å²) in [6, 6.07) is 17.1. The van der Waals surface area contributed by atoms with E-state index in [4.69, 9.17) is 4.74 Å². The number of carbonyl (C=O) groups excluding carboxylic acids is 2. The highest BCUT2D eigenvalue weighted by molar-refractivity contribution is 7.88. The van der Waals surface area contributed by atoms with E-state index in [0.717, 1.165) is 17.4 Å². The number of para-hydroxylation sites is 1. The van der Waals surface area contributed by atoms with Gasteiger partial charge in [-0.1, -0.05) is 48.5 Å². The van der Waals surface area contributed by atoms with Gasteiger partial charge in [0.1, 0.15) is 0 Å². The molecule has 0 atom stereocenters. The minimum absolute atomic E-state index is 0.287. The van der Waals surface area contributed by atoms with Crippen LogP contribution in [0, 0.1) is 5.92 Å². The number of carbonyl (C=O) groups is 2. The topological polar surface area (TPSA) is 92.8 Å². The van der Waals surface area contributed by atoms with Crippen LogP contribution in [-0.2, 0) is 24.3 Å². The molecule has 3 rings (SSSR count). The van der Waals surface area contributed by atoms with Gasteiger partial charge in [0.15, 0.2) is 6.61 Å². The number of hydrogen-bond acceptors (Lipinski definition) is 5. The first-order valence-electron chi connectivity index (χ1n) is 9.40.